The molecule has 2 aliphatic heterocycles. The summed E-state index contributed by atoms with van der Waals surface area (Å²) >= 11 is 0. The van der Waals surface area contributed by atoms with Gasteiger partial charge in [0.25, 0.3) is 0 Å². The molecule has 0 aromatic heterocycles. The molecule has 5 saturated carbocycles. The van der Waals surface area contributed by atoms with Gasteiger partial charge in [0, 0.05) is 18.3 Å². The number of aliphatic hydroxyl groups is 7. The van der Waals surface area contributed by atoms with Crippen molar-refractivity contribution in [3.63, 3.8) is 0 Å². The molecular weight excluding hydrogens is 636 g/mol. The topological polar surface area (TPSA) is 196 Å². The van der Waals surface area contributed by atoms with Crippen LogP contribution in [0.25, 0.3) is 0 Å². The molecule has 7 N–H and O–H groups in total. The number of fused-ring (bicyclic) bond motifs is 4. The van der Waals surface area contributed by atoms with E-state index < -0.39 is 89.0 Å². The van der Waals surface area contributed by atoms with E-state index in [9.17, 15) is 40.5 Å². The first-order valence-corrected chi connectivity index (χ1v) is 18.5. The van der Waals surface area contributed by atoms with Crippen molar-refractivity contribution in [3.8, 4) is 0 Å². The van der Waals surface area contributed by atoms with Crippen molar-refractivity contribution in [2.24, 2.45) is 50.7 Å². The summed E-state index contributed by atoms with van der Waals surface area (Å²) in [5, 5.41) is 78.7. The van der Waals surface area contributed by atoms with Crippen LogP contribution in [0.5, 0.6) is 0 Å². The van der Waals surface area contributed by atoms with Gasteiger partial charge in [-0.05, 0) is 98.2 Å². The fourth-order valence-corrected chi connectivity index (χ4v) is 13.7. The minimum Gasteiger partial charge on any atom is -0.457 e. The van der Waals surface area contributed by atoms with Crippen molar-refractivity contribution < 1.29 is 59.5 Å². The monoisotopic (exact) mass is 696 g/mol. The number of carbonyl (C=O) groups excluding carboxylic acids is 1. The van der Waals surface area contributed by atoms with Crippen molar-refractivity contribution in [3.05, 3.63) is 0 Å². The zero-order valence-electron chi connectivity index (χ0n) is 30.3. The average molecular weight is 697 g/mol. The molecule has 7 rings (SSSR count). The standard InChI is InChI=1S/C37H60O12/c1-17-23(40)26(28(32(5,6)44)47-18(2)38)49-37(45)27(17)33(7)13-14-36-16-35(36)12-11-22(48-29-25(42)24(41)19(39)15-46-29)31(3,4)20(35)9-10-21(36)34(33,8)30(37)43/h17,19-30,39-45H,9-16H2,1-8H3. The van der Waals surface area contributed by atoms with E-state index in [1.807, 2.05) is 6.92 Å². The van der Waals surface area contributed by atoms with Crippen molar-refractivity contribution in [1.82, 2.24) is 0 Å². The molecule has 12 heteroatoms. The van der Waals surface area contributed by atoms with E-state index in [1.165, 1.54) is 20.8 Å². The van der Waals surface area contributed by atoms with Gasteiger partial charge in [-0.1, -0.05) is 34.6 Å². The number of ether oxygens (including phenoxy) is 4. The first kappa shape index (κ1) is 36.4. The average Bonchev–Trinajstić information content (AvgIpc) is 3.65. The van der Waals surface area contributed by atoms with Crippen LogP contribution in [-0.4, -0.2) is 115 Å². The smallest absolute Gasteiger partial charge is 0.303 e. The molecule has 2 saturated heterocycles. The molecule has 2 spiro atoms. The lowest BCUT2D eigenvalue weighted by Gasteiger charge is -2.63. The molecule has 12 nitrogen and oxygen atoms in total. The summed E-state index contributed by atoms with van der Waals surface area (Å²) in [7, 11) is 0. The lowest BCUT2D eigenvalue weighted by molar-refractivity contribution is -0.362. The summed E-state index contributed by atoms with van der Waals surface area (Å²) in [4.78, 5) is 12.1. The van der Waals surface area contributed by atoms with Crippen molar-refractivity contribution >= 4 is 5.97 Å². The maximum atomic E-state index is 12.6. The van der Waals surface area contributed by atoms with Crippen LogP contribution in [0.3, 0.4) is 0 Å². The summed E-state index contributed by atoms with van der Waals surface area (Å²) in [6, 6.07) is 0. The van der Waals surface area contributed by atoms with Crippen LogP contribution in [0, 0.1) is 50.7 Å². The van der Waals surface area contributed by atoms with E-state index in [1.54, 1.807) is 0 Å². The van der Waals surface area contributed by atoms with Gasteiger partial charge in [-0.25, -0.2) is 0 Å². The number of hydrogen-bond acceptors (Lipinski definition) is 12. The van der Waals surface area contributed by atoms with Crippen LogP contribution in [-0.2, 0) is 23.7 Å². The predicted octanol–water partition coefficient (Wildman–Crippen LogP) is 1.62. The van der Waals surface area contributed by atoms with Gasteiger partial charge in [-0.3, -0.25) is 4.79 Å². The van der Waals surface area contributed by atoms with Gasteiger partial charge >= 0.3 is 5.97 Å². The number of hydrogen-bond donors (Lipinski definition) is 7. The SMILES string of the molecule is CC(=O)OC(C1OC2(O)C(C(C)C1O)C1(C)CCC34CC35CCC(OC3OCC(O)C(O)C3O)C(C)(C)C5CCC4C1(C)C2O)C(C)(C)O. The van der Waals surface area contributed by atoms with Gasteiger partial charge in [-0.15, -0.1) is 0 Å². The Kier molecular flexibility index (Phi) is 8.22. The molecule has 49 heavy (non-hydrogen) atoms. The summed E-state index contributed by atoms with van der Waals surface area (Å²) in [5.74, 6) is -3.44. The molecule has 0 amide bonds. The van der Waals surface area contributed by atoms with Gasteiger partial charge in [-0.2, -0.15) is 0 Å². The minimum absolute atomic E-state index is 0.0251. The second kappa shape index (κ2) is 11.1. The number of carbonyl (C=O) groups is 1. The van der Waals surface area contributed by atoms with E-state index in [2.05, 4.69) is 27.7 Å². The quantitative estimate of drug-likeness (QED) is 0.162. The van der Waals surface area contributed by atoms with E-state index in [0.717, 1.165) is 44.9 Å². The van der Waals surface area contributed by atoms with E-state index in [4.69, 9.17) is 18.9 Å². The lowest BCUT2D eigenvalue weighted by Crippen LogP contribution is -2.66. The van der Waals surface area contributed by atoms with Crippen molar-refractivity contribution in [1.29, 1.82) is 0 Å². The van der Waals surface area contributed by atoms with Crippen LogP contribution in [0.2, 0.25) is 0 Å². The lowest BCUT2D eigenvalue weighted by atomic mass is 9.41. The Hall–Kier alpha value is -0.930. The highest BCUT2D eigenvalue weighted by atomic mass is 16.7. The Labute approximate surface area is 289 Å². The van der Waals surface area contributed by atoms with Crippen LogP contribution in [0.1, 0.15) is 100 Å². The highest BCUT2D eigenvalue weighted by Crippen LogP contribution is 2.89. The highest BCUT2D eigenvalue weighted by molar-refractivity contribution is 5.66. The molecule has 18 atom stereocenters. The highest BCUT2D eigenvalue weighted by Gasteiger charge is 2.87. The molecule has 7 fully saturated rings. The molecule has 0 radical (unpaired) electrons. The minimum atomic E-state index is -2.04. The third kappa shape index (κ3) is 4.54. The third-order valence-corrected chi connectivity index (χ3v) is 16.1. The van der Waals surface area contributed by atoms with Gasteiger partial charge in [0.15, 0.2) is 18.2 Å². The fraction of sp³-hybridized carbons (Fsp3) is 0.973. The van der Waals surface area contributed by atoms with E-state index >= 15 is 0 Å². The second-order valence-electron chi connectivity index (χ2n) is 18.9. The molecule has 0 aromatic rings. The molecular formula is C37H60O12. The summed E-state index contributed by atoms with van der Waals surface area (Å²) in [5.41, 5.74) is -3.24. The largest absolute Gasteiger partial charge is 0.457 e. The van der Waals surface area contributed by atoms with Crippen LogP contribution in [0.4, 0.5) is 0 Å². The first-order valence-electron chi connectivity index (χ1n) is 18.5. The molecule has 18 unspecified atom stereocenters. The van der Waals surface area contributed by atoms with Crippen molar-refractivity contribution in [2.75, 3.05) is 6.61 Å². The van der Waals surface area contributed by atoms with Crippen molar-refractivity contribution in [2.45, 2.75) is 167 Å². The predicted molar refractivity (Wildman–Crippen MR) is 173 cm³/mol. The molecule has 0 aromatic carbocycles. The van der Waals surface area contributed by atoms with Gasteiger partial charge in [0.1, 0.15) is 30.5 Å². The first-order chi connectivity index (χ1) is 22.5. The maximum Gasteiger partial charge on any atom is 0.303 e. The molecule has 2 heterocycles. The van der Waals surface area contributed by atoms with Gasteiger partial charge in [0.05, 0.1) is 24.4 Å². The van der Waals surface area contributed by atoms with E-state index in [0.29, 0.717) is 5.92 Å². The van der Waals surface area contributed by atoms with Crippen LogP contribution < -0.4 is 0 Å². The Balaban J connectivity index is 1.18. The Morgan fingerprint density at radius 2 is 1.53 bits per heavy atom. The number of esters is 1. The Morgan fingerprint density at radius 1 is 0.898 bits per heavy atom. The van der Waals surface area contributed by atoms with Crippen LogP contribution >= 0.6 is 0 Å². The van der Waals surface area contributed by atoms with E-state index in [-0.39, 0.29) is 34.9 Å². The fourth-order valence-electron chi connectivity index (χ4n) is 13.7. The zero-order valence-corrected chi connectivity index (χ0v) is 30.3. The molecule has 5 aliphatic carbocycles. The summed E-state index contributed by atoms with van der Waals surface area (Å²) in [6.45, 7) is 14.6. The summed E-state index contributed by atoms with van der Waals surface area (Å²) < 4.78 is 24.0. The molecule has 280 valence electrons. The maximum absolute atomic E-state index is 12.6. The molecule has 7 aliphatic rings. The molecule has 0 bridgehead atoms. The Morgan fingerprint density at radius 3 is 2.16 bits per heavy atom. The number of rotatable bonds is 5. The second-order valence-corrected chi connectivity index (χ2v) is 18.9. The van der Waals surface area contributed by atoms with Gasteiger partial charge < -0.3 is 54.7 Å². The third-order valence-electron chi connectivity index (χ3n) is 16.1. The van der Waals surface area contributed by atoms with Gasteiger partial charge in [0.2, 0.25) is 0 Å². The Bertz CT molecular complexity index is 1330. The van der Waals surface area contributed by atoms with Crippen LogP contribution in [0.15, 0.2) is 0 Å². The zero-order chi connectivity index (χ0) is 36.1. The summed E-state index contributed by atoms with van der Waals surface area (Å²) in [6.07, 6.45) is -3.99. The number of aliphatic hydroxyl groups excluding tert-OH is 5. The normalized spacial score (nSPS) is 56.7.